The van der Waals surface area contributed by atoms with Crippen molar-refractivity contribution in [3.63, 3.8) is 0 Å². The number of allylic oxidation sites excluding steroid dienone is 9. The Morgan fingerprint density at radius 2 is 1.03 bits per heavy atom. The Balaban J connectivity index is 2.63. The zero-order valence-electron chi connectivity index (χ0n) is 36.6. The lowest BCUT2D eigenvalue weighted by Crippen LogP contribution is -2.64. The van der Waals surface area contributed by atoms with Crippen LogP contribution in [0.2, 0.25) is 0 Å². The Morgan fingerprint density at radius 3 is 1.60 bits per heavy atom. The van der Waals surface area contributed by atoms with Gasteiger partial charge in [0.2, 0.25) is 5.91 Å². The summed E-state index contributed by atoms with van der Waals surface area (Å²) in [5.41, 5.74) is 0. The lowest BCUT2D eigenvalue weighted by molar-refractivity contribution is -0.220. The van der Waals surface area contributed by atoms with E-state index in [1.54, 1.807) is 6.08 Å². The molecule has 0 aromatic heterocycles. The predicted molar refractivity (Wildman–Crippen MR) is 238 cm³/mol. The number of carbonyl (C=O) groups excluding carboxylic acids is 1. The number of aliphatic hydroxyl groups excluding tert-OH is 7. The number of aliphatic hydroxyl groups is 7. The van der Waals surface area contributed by atoms with E-state index < -0.39 is 75.2 Å². The van der Waals surface area contributed by atoms with Gasteiger partial charge in [-0.25, -0.2) is 4.57 Å². The smallest absolute Gasteiger partial charge is 0.393 e. The molecule has 348 valence electrons. The minimum absolute atomic E-state index is 0.273. The van der Waals surface area contributed by atoms with Crippen LogP contribution < -0.4 is 5.32 Å². The second-order valence-electron chi connectivity index (χ2n) is 16.1. The van der Waals surface area contributed by atoms with E-state index in [-0.39, 0.29) is 6.42 Å². The standard InChI is InChI=1S/C46H82NO12P/c1-3-5-7-9-11-13-15-17-18-19-20-22-24-26-28-30-32-34-39(49)38(36-58-60(56,57)59-46-44(54)42(52)41(51)43(53)45(46)55)47-40(50)35-37(48)33-31-29-27-25-23-21-16-14-12-10-8-6-4-2/h12,14,16,18-19,21,24,26,32,34,37-39,41-46,48-49,51-55H,3-11,13,15,17,20,22-23,25,27-31,33,35-36H2,1-2H3,(H,47,50)(H,56,57)/b14-12-,19-18+,21-16-,26-24+,34-32+. The average Bonchev–Trinajstić information content (AvgIpc) is 3.22. The van der Waals surface area contributed by atoms with Crippen molar-refractivity contribution in [3.05, 3.63) is 60.8 Å². The summed E-state index contributed by atoms with van der Waals surface area (Å²) >= 11 is 0. The Bertz CT molecular complexity index is 1260. The first-order valence-corrected chi connectivity index (χ1v) is 24.3. The van der Waals surface area contributed by atoms with Crippen LogP contribution in [0.15, 0.2) is 60.8 Å². The molecule has 0 heterocycles. The topological polar surface area (TPSA) is 226 Å². The summed E-state index contributed by atoms with van der Waals surface area (Å²) < 4.78 is 22.8. The molecule has 0 bridgehead atoms. The lowest BCUT2D eigenvalue weighted by Gasteiger charge is -2.41. The largest absolute Gasteiger partial charge is 0.472 e. The molecule has 0 aliphatic heterocycles. The van der Waals surface area contributed by atoms with E-state index in [2.05, 4.69) is 67.8 Å². The van der Waals surface area contributed by atoms with Crippen LogP contribution in [0.1, 0.15) is 162 Å². The molecular weight excluding hydrogens is 789 g/mol. The zero-order chi connectivity index (χ0) is 44.4. The molecule has 14 heteroatoms. The molecule has 1 amide bonds. The summed E-state index contributed by atoms with van der Waals surface area (Å²) in [5.74, 6) is -0.622. The number of carbonyl (C=O) groups is 1. The number of phosphoric ester groups is 1. The van der Waals surface area contributed by atoms with Crippen molar-refractivity contribution in [2.24, 2.45) is 0 Å². The summed E-state index contributed by atoms with van der Waals surface area (Å²) in [6.45, 7) is 3.66. The molecule has 60 heavy (non-hydrogen) atoms. The molecule has 0 radical (unpaired) electrons. The van der Waals surface area contributed by atoms with Gasteiger partial charge in [-0.15, -0.1) is 0 Å². The molecule has 1 rings (SSSR count). The Labute approximate surface area is 361 Å². The molecule has 0 aromatic carbocycles. The summed E-state index contributed by atoms with van der Waals surface area (Å²) in [6, 6.07) is -1.27. The Kier molecular flexibility index (Phi) is 33.1. The van der Waals surface area contributed by atoms with Gasteiger partial charge < -0.3 is 46.0 Å². The summed E-state index contributed by atoms with van der Waals surface area (Å²) in [7, 11) is -5.16. The first-order valence-electron chi connectivity index (χ1n) is 22.8. The van der Waals surface area contributed by atoms with E-state index >= 15 is 0 Å². The fraction of sp³-hybridized carbons (Fsp3) is 0.761. The van der Waals surface area contributed by atoms with Crippen LogP contribution in [0.5, 0.6) is 0 Å². The quantitative estimate of drug-likeness (QED) is 0.0131. The number of phosphoric acid groups is 1. The molecule has 1 aliphatic carbocycles. The van der Waals surface area contributed by atoms with Crippen LogP contribution in [0.4, 0.5) is 0 Å². The molecule has 1 fully saturated rings. The number of amides is 1. The highest BCUT2D eigenvalue weighted by Gasteiger charge is 2.51. The molecule has 1 aliphatic rings. The highest BCUT2D eigenvalue weighted by Crippen LogP contribution is 2.47. The van der Waals surface area contributed by atoms with E-state index in [9.17, 15) is 50.0 Å². The second-order valence-corrected chi connectivity index (χ2v) is 17.5. The third kappa shape index (κ3) is 27.1. The first-order chi connectivity index (χ1) is 28.8. The maximum absolute atomic E-state index is 13.0. The minimum atomic E-state index is -5.16. The molecule has 0 saturated heterocycles. The normalized spacial score (nSPS) is 24.0. The second kappa shape index (κ2) is 35.5. The highest BCUT2D eigenvalue weighted by molar-refractivity contribution is 7.47. The number of nitrogens with one attached hydrogen (secondary N) is 1. The van der Waals surface area contributed by atoms with Gasteiger partial charge in [0.15, 0.2) is 0 Å². The van der Waals surface area contributed by atoms with E-state index in [1.807, 2.05) is 0 Å². The molecule has 1 saturated carbocycles. The molecular formula is C46H82NO12P. The zero-order valence-corrected chi connectivity index (χ0v) is 37.5. The number of rotatable bonds is 36. The molecule has 0 aromatic rings. The molecule has 8 unspecified atom stereocenters. The Hall–Kier alpha value is -2.00. The van der Waals surface area contributed by atoms with Crippen molar-refractivity contribution in [1.82, 2.24) is 5.32 Å². The summed E-state index contributed by atoms with van der Waals surface area (Å²) in [6.07, 6.45) is 28.8. The molecule has 13 nitrogen and oxygen atoms in total. The number of hydrogen-bond donors (Lipinski definition) is 9. The van der Waals surface area contributed by atoms with Gasteiger partial charge in [0.1, 0.15) is 36.6 Å². The van der Waals surface area contributed by atoms with E-state index in [0.29, 0.717) is 19.3 Å². The van der Waals surface area contributed by atoms with Crippen LogP contribution in [-0.4, -0.2) is 108 Å². The van der Waals surface area contributed by atoms with Crippen LogP contribution in [0.25, 0.3) is 0 Å². The van der Waals surface area contributed by atoms with Gasteiger partial charge in [0.05, 0.1) is 31.3 Å². The van der Waals surface area contributed by atoms with Crippen molar-refractivity contribution in [3.8, 4) is 0 Å². The van der Waals surface area contributed by atoms with Gasteiger partial charge in [-0.2, -0.15) is 0 Å². The van der Waals surface area contributed by atoms with Gasteiger partial charge in [-0.1, -0.05) is 145 Å². The predicted octanol–water partition coefficient (Wildman–Crippen LogP) is 7.31. The Morgan fingerprint density at radius 1 is 0.600 bits per heavy atom. The van der Waals surface area contributed by atoms with E-state index in [1.165, 1.54) is 70.3 Å². The van der Waals surface area contributed by atoms with Crippen LogP contribution >= 0.6 is 7.82 Å². The molecule has 9 N–H and O–H groups in total. The molecule has 8 atom stereocenters. The average molecular weight is 872 g/mol. The fourth-order valence-corrected chi connectivity index (χ4v) is 7.76. The lowest BCUT2D eigenvalue weighted by atomic mass is 9.85. The summed E-state index contributed by atoms with van der Waals surface area (Å²) in [4.78, 5) is 23.4. The van der Waals surface area contributed by atoms with Crippen molar-refractivity contribution < 1.29 is 59.0 Å². The van der Waals surface area contributed by atoms with E-state index in [4.69, 9.17) is 9.05 Å². The number of hydrogen-bond acceptors (Lipinski definition) is 11. The number of unbranched alkanes of at least 4 members (excludes halogenated alkanes) is 16. The van der Waals surface area contributed by atoms with E-state index in [0.717, 1.165) is 57.8 Å². The van der Waals surface area contributed by atoms with Gasteiger partial charge in [0.25, 0.3) is 0 Å². The van der Waals surface area contributed by atoms with Gasteiger partial charge >= 0.3 is 7.82 Å². The molecule has 0 spiro atoms. The third-order valence-electron chi connectivity index (χ3n) is 10.6. The van der Waals surface area contributed by atoms with Crippen molar-refractivity contribution in [2.45, 2.75) is 216 Å². The van der Waals surface area contributed by atoms with Gasteiger partial charge in [0, 0.05) is 0 Å². The SMILES string of the molecule is CCCCC/C=C\C=C/CCCCCCC(O)CC(=O)NC(COP(=O)(O)OC1C(O)C(O)C(O)C(O)C1O)C(O)/C=C/CC/C=C/CC/C=C/CCCCCCCCC. The van der Waals surface area contributed by atoms with Gasteiger partial charge in [-0.3, -0.25) is 13.8 Å². The minimum Gasteiger partial charge on any atom is -0.393 e. The van der Waals surface area contributed by atoms with Crippen LogP contribution in [0, 0.1) is 0 Å². The van der Waals surface area contributed by atoms with Crippen molar-refractivity contribution in [1.29, 1.82) is 0 Å². The van der Waals surface area contributed by atoms with Gasteiger partial charge in [-0.05, 0) is 70.6 Å². The van der Waals surface area contributed by atoms with Crippen molar-refractivity contribution >= 4 is 13.7 Å². The van der Waals surface area contributed by atoms with Crippen LogP contribution in [-0.2, 0) is 18.4 Å². The third-order valence-corrected chi connectivity index (χ3v) is 11.6. The maximum Gasteiger partial charge on any atom is 0.472 e. The van der Waals surface area contributed by atoms with Crippen molar-refractivity contribution in [2.75, 3.05) is 6.61 Å². The monoisotopic (exact) mass is 872 g/mol. The summed E-state index contributed by atoms with van der Waals surface area (Å²) in [5, 5.41) is 74.3. The highest BCUT2D eigenvalue weighted by atomic mass is 31.2. The fourth-order valence-electron chi connectivity index (χ4n) is 6.79. The first kappa shape index (κ1) is 56.0. The van der Waals surface area contributed by atoms with Crippen LogP contribution in [0.3, 0.4) is 0 Å². The maximum atomic E-state index is 13.0.